The van der Waals surface area contributed by atoms with Crippen molar-refractivity contribution in [2.45, 2.75) is 37.7 Å². The number of aryl methyl sites for hydroxylation is 1. The highest BCUT2D eigenvalue weighted by molar-refractivity contribution is 7.99. The third-order valence-electron chi connectivity index (χ3n) is 4.62. The molecule has 0 spiro atoms. The maximum atomic E-state index is 10.7. The number of imidazole rings is 1. The molecular weight excluding hydrogens is 342 g/mol. The van der Waals surface area contributed by atoms with E-state index < -0.39 is 6.10 Å². The number of aromatic nitrogens is 3. The lowest BCUT2D eigenvalue weighted by Crippen LogP contribution is -2.18. The van der Waals surface area contributed by atoms with Crippen LogP contribution in [0.25, 0.3) is 21.8 Å². The van der Waals surface area contributed by atoms with Gasteiger partial charge in [0.2, 0.25) is 0 Å². The van der Waals surface area contributed by atoms with Crippen molar-refractivity contribution in [2.75, 3.05) is 5.75 Å². The van der Waals surface area contributed by atoms with Gasteiger partial charge in [0.25, 0.3) is 0 Å². The van der Waals surface area contributed by atoms with E-state index in [1.807, 2.05) is 12.4 Å². The molecule has 0 bridgehead atoms. The van der Waals surface area contributed by atoms with E-state index in [2.05, 4.69) is 69.6 Å². The van der Waals surface area contributed by atoms with Crippen LogP contribution in [0.5, 0.6) is 0 Å². The van der Waals surface area contributed by atoms with Crippen molar-refractivity contribution in [3.63, 3.8) is 0 Å². The van der Waals surface area contributed by atoms with Gasteiger partial charge in [-0.3, -0.25) is 0 Å². The average Bonchev–Trinajstić information content (AvgIpc) is 3.24. The van der Waals surface area contributed by atoms with Gasteiger partial charge in [0.1, 0.15) is 0 Å². The molecule has 2 aromatic heterocycles. The maximum absolute atomic E-state index is 10.7. The second kappa shape index (κ2) is 7.56. The molecule has 26 heavy (non-hydrogen) atoms. The van der Waals surface area contributed by atoms with E-state index in [4.69, 9.17) is 0 Å². The molecule has 1 atom stereocenters. The maximum Gasteiger partial charge on any atom is 0.168 e. The molecule has 0 amide bonds. The van der Waals surface area contributed by atoms with Crippen LogP contribution in [0.2, 0.25) is 0 Å². The summed E-state index contributed by atoms with van der Waals surface area (Å²) in [6.45, 7) is 3.70. The van der Waals surface area contributed by atoms with Crippen molar-refractivity contribution in [3.8, 4) is 0 Å². The summed E-state index contributed by atoms with van der Waals surface area (Å²) in [6.07, 6.45) is 4.47. The van der Waals surface area contributed by atoms with Gasteiger partial charge >= 0.3 is 0 Å². The second-order valence-electron chi connectivity index (χ2n) is 6.51. The van der Waals surface area contributed by atoms with Crippen molar-refractivity contribution in [3.05, 3.63) is 60.9 Å². The third-order valence-corrected chi connectivity index (χ3v) is 5.77. The number of aliphatic hydroxyl groups excluding tert-OH is 1. The number of hydrogen-bond acceptors (Lipinski definition) is 3. The van der Waals surface area contributed by atoms with E-state index in [1.54, 1.807) is 11.8 Å². The van der Waals surface area contributed by atoms with Crippen LogP contribution in [0, 0.1) is 0 Å². The Morgan fingerprint density at radius 2 is 1.69 bits per heavy atom. The second-order valence-corrected chi connectivity index (χ2v) is 7.50. The Bertz CT molecular complexity index is 967. The summed E-state index contributed by atoms with van der Waals surface area (Å²) in [5, 5.41) is 14.1. The number of nitrogens with zero attached hydrogens (tertiary/aromatic N) is 3. The zero-order chi connectivity index (χ0) is 17.9. The van der Waals surface area contributed by atoms with E-state index in [0.29, 0.717) is 12.3 Å². The number of para-hydroxylation sites is 2. The lowest BCUT2D eigenvalue weighted by atomic mass is 10.2. The van der Waals surface area contributed by atoms with E-state index in [0.717, 1.165) is 18.1 Å². The Morgan fingerprint density at radius 3 is 2.35 bits per heavy atom. The minimum Gasteiger partial charge on any atom is -0.390 e. The molecule has 0 unspecified atom stereocenters. The number of fused-ring (bicyclic) bond motifs is 3. The Kier molecular flexibility index (Phi) is 5.00. The van der Waals surface area contributed by atoms with E-state index in [9.17, 15) is 5.11 Å². The summed E-state index contributed by atoms with van der Waals surface area (Å²) in [7, 11) is 0. The topological polar surface area (TPSA) is 43.0 Å². The van der Waals surface area contributed by atoms with Crippen LogP contribution < -0.4 is 0 Å². The van der Waals surface area contributed by atoms with Gasteiger partial charge in [0, 0.05) is 46.5 Å². The molecule has 4 aromatic rings. The lowest BCUT2D eigenvalue weighted by Gasteiger charge is -2.14. The molecule has 1 N–H and O–H groups in total. The van der Waals surface area contributed by atoms with Gasteiger partial charge in [-0.2, -0.15) is 0 Å². The SMILES string of the molecule is CCCn1ccnc1SC[C@H](O)Cn1c2ccccc2c2ccccc21. The van der Waals surface area contributed by atoms with E-state index in [1.165, 1.54) is 21.8 Å². The lowest BCUT2D eigenvalue weighted by molar-refractivity contribution is 0.181. The molecule has 0 aliphatic heterocycles. The van der Waals surface area contributed by atoms with Crippen LogP contribution in [-0.4, -0.2) is 31.1 Å². The van der Waals surface area contributed by atoms with Crippen molar-refractivity contribution in [1.29, 1.82) is 0 Å². The summed E-state index contributed by atoms with van der Waals surface area (Å²) in [4.78, 5) is 4.41. The van der Waals surface area contributed by atoms with Gasteiger partial charge in [0.15, 0.2) is 5.16 Å². The first-order chi connectivity index (χ1) is 12.8. The van der Waals surface area contributed by atoms with Gasteiger partial charge < -0.3 is 14.2 Å². The van der Waals surface area contributed by atoms with Gasteiger partial charge in [-0.1, -0.05) is 55.1 Å². The standard InChI is InChI=1S/C21H23N3OS/c1-2-12-23-13-11-22-21(23)26-15-16(25)14-24-19-9-5-3-7-17(19)18-8-4-6-10-20(18)24/h3-11,13,16,25H,2,12,14-15H2,1H3/t16-/m1/s1. The van der Waals surface area contributed by atoms with Crippen molar-refractivity contribution < 1.29 is 5.11 Å². The highest BCUT2D eigenvalue weighted by Gasteiger charge is 2.14. The van der Waals surface area contributed by atoms with E-state index in [-0.39, 0.29) is 0 Å². The normalized spacial score (nSPS) is 12.8. The number of hydrogen-bond donors (Lipinski definition) is 1. The number of rotatable bonds is 7. The fraction of sp³-hybridized carbons (Fsp3) is 0.286. The van der Waals surface area contributed by atoms with Gasteiger partial charge in [-0.15, -0.1) is 0 Å². The fourth-order valence-electron chi connectivity index (χ4n) is 3.48. The molecule has 134 valence electrons. The molecule has 4 rings (SSSR count). The zero-order valence-electron chi connectivity index (χ0n) is 14.9. The molecule has 2 aromatic carbocycles. The molecule has 0 radical (unpaired) electrons. The quantitative estimate of drug-likeness (QED) is 0.489. The molecule has 0 fully saturated rings. The monoisotopic (exact) mass is 365 g/mol. The predicted molar refractivity (Wildman–Crippen MR) is 109 cm³/mol. The summed E-state index contributed by atoms with van der Waals surface area (Å²) in [6, 6.07) is 16.8. The summed E-state index contributed by atoms with van der Waals surface area (Å²) in [5.41, 5.74) is 2.34. The van der Waals surface area contributed by atoms with Crippen LogP contribution in [0.3, 0.4) is 0 Å². The summed E-state index contributed by atoms with van der Waals surface area (Å²) in [5.74, 6) is 0.627. The van der Waals surface area contributed by atoms with Gasteiger partial charge in [0.05, 0.1) is 12.6 Å². The fourth-order valence-corrected chi connectivity index (χ4v) is 4.38. The highest BCUT2D eigenvalue weighted by Crippen LogP contribution is 2.29. The van der Waals surface area contributed by atoms with Crippen LogP contribution in [0.1, 0.15) is 13.3 Å². The molecule has 0 aliphatic rings. The summed E-state index contributed by atoms with van der Waals surface area (Å²) >= 11 is 1.62. The first kappa shape index (κ1) is 17.2. The third kappa shape index (κ3) is 3.24. The molecule has 0 saturated heterocycles. The number of thioether (sulfide) groups is 1. The first-order valence-corrected chi connectivity index (χ1v) is 10.0. The average molecular weight is 366 g/mol. The minimum atomic E-state index is -0.439. The van der Waals surface area contributed by atoms with Crippen LogP contribution >= 0.6 is 11.8 Å². The molecule has 0 aliphatic carbocycles. The van der Waals surface area contributed by atoms with Crippen molar-refractivity contribution in [1.82, 2.24) is 14.1 Å². The Balaban J connectivity index is 1.55. The Morgan fingerprint density at radius 1 is 1.04 bits per heavy atom. The smallest absolute Gasteiger partial charge is 0.168 e. The number of aliphatic hydroxyl groups is 1. The molecular formula is C21H23N3OS. The van der Waals surface area contributed by atoms with Crippen LogP contribution in [0.15, 0.2) is 66.1 Å². The first-order valence-electron chi connectivity index (χ1n) is 9.06. The summed E-state index contributed by atoms with van der Waals surface area (Å²) < 4.78 is 4.38. The Hall–Kier alpha value is -2.24. The van der Waals surface area contributed by atoms with Crippen molar-refractivity contribution in [2.24, 2.45) is 0 Å². The zero-order valence-corrected chi connectivity index (χ0v) is 15.7. The van der Waals surface area contributed by atoms with Gasteiger partial charge in [-0.05, 0) is 18.6 Å². The molecule has 5 heteroatoms. The predicted octanol–water partition coefficient (Wildman–Crippen LogP) is 4.55. The highest BCUT2D eigenvalue weighted by atomic mass is 32.2. The largest absolute Gasteiger partial charge is 0.390 e. The van der Waals surface area contributed by atoms with Gasteiger partial charge in [-0.25, -0.2) is 4.98 Å². The van der Waals surface area contributed by atoms with Crippen LogP contribution in [-0.2, 0) is 13.1 Å². The molecule has 2 heterocycles. The molecule has 0 saturated carbocycles. The number of benzene rings is 2. The Labute approximate surface area is 157 Å². The van der Waals surface area contributed by atoms with Crippen LogP contribution in [0.4, 0.5) is 0 Å². The molecule has 4 nitrogen and oxygen atoms in total. The van der Waals surface area contributed by atoms with E-state index >= 15 is 0 Å². The van der Waals surface area contributed by atoms with Crippen molar-refractivity contribution >= 4 is 33.6 Å². The minimum absolute atomic E-state index is 0.439.